The monoisotopic (exact) mass is 358 g/mol. The summed E-state index contributed by atoms with van der Waals surface area (Å²) in [5, 5.41) is 6.91. The van der Waals surface area contributed by atoms with E-state index in [1.54, 1.807) is 0 Å². The molecule has 0 spiro atoms. The summed E-state index contributed by atoms with van der Waals surface area (Å²) in [6.07, 6.45) is 0.154. The van der Waals surface area contributed by atoms with Crippen LogP contribution >= 0.6 is 12.2 Å². The molecule has 132 valence electrons. The van der Waals surface area contributed by atoms with E-state index in [4.69, 9.17) is 26.4 Å². The van der Waals surface area contributed by atoms with Gasteiger partial charge in [-0.15, -0.1) is 0 Å². The molecule has 3 rings (SSSR count). The van der Waals surface area contributed by atoms with Crippen molar-refractivity contribution in [1.82, 2.24) is 5.32 Å². The lowest BCUT2D eigenvalue weighted by atomic mass is 10.2. The van der Waals surface area contributed by atoms with E-state index in [0.717, 1.165) is 28.5 Å². The predicted octanol–water partition coefficient (Wildman–Crippen LogP) is 3.73. The van der Waals surface area contributed by atoms with E-state index in [2.05, 4.69) is 10.6 Å². The second kappa shape index (κ2) is 8.07. The molecule has 0 unspecified atom stereocenters. The lowest BCUT2D eigenvalue weighted by Crippen LogP contribution is -2.28. The Hall–Kier alpha value is -2.47. The summed E-state index contributed by atoms with van der Waals surface area (Å²) >= 11 is 5.37. The van der Waals surface area contributed by atoms with Gasteiger partial charge >= 0.3 is 0 Å². The molecule has 0 saturated carbocycles. The third-order valence-electron chi connectivity index (χ3n) is 3.52. The molecular formula is C19H22N2O3S. The molecule has 2 aromatic carbocycles. The molecule has 0 fully saturated rings. The van der Waals surface area contributed by atoms with Crippen LogP contribution in [0.25, 0.3) is 0 Å². The molecule has 0 bridgehead atoms. The van der Waals surface area contributed by atoms with Crippen molar-refractivity contribution in [1.29, 1.82) is 0 Å². The normalized spacial score (nSPS) is 12.6. The van der Waals surface area contributed by atoms with Gasteiger partial charge in [-0.2, -0.15) is 0 Å². The molecule has 2 N–H and O–H groups in total. The number of nitrogens with one attached hydrogen (secondary N) is 2. The fourth-order valence-corrected chi connectivity index (χ4v) is 2.67. The SMILES string of the molecule is CC(C)Oc1cccc(CNC(=S)Nc2ccc3c(c2)OCCO3)c1. The number of benzene rings is 2. The molecule has 0 saturated heterocycles. The highest BCUT2D eigenvalue weighted by molar-refractivity contribution is 7.80. The maximum atomic E-state index is 5.71. The highest BCUT2D eigenvalue weighted by Gasteiger charge is 2.12. The van der Waals surface area contributed by atoms with Crippen LogP contribution in [0.4, 0.5) is 5.69 Å². The maximum absolute atomic E-state index is 5.71. The Bertz CT molecular complexity index is 749. The summed E-state index contributed by atoms with van der Waals surface area (Å²) in [4.78, 5) is 0. The van der Waals surface area contributed by atoms with Crippen LogP contribution in [0.15, 0.2) is 42.5 Å². The number of ether oxygens (including phenoxy) is 3. The lowest BCUT2D eigenvalue weighted by molar-refractivity contribution is 0.171. The Kier molecular flexibility index (Phi) is 5.60. The fourth-order valence-electron chi connectivity index (χ4n) is 2.48. The van der Waals surface area contributed by atoms with Gasteiger partial charge in [-0.25, -0.2) is 0 Å². The zero-order valence-corrected chi connectivity index (χ0v) is 15.2. The molecule has 2 aromatic rings. The van der Waals surface area contributed by atoms with Crippen LogP contribution in [0.1, 0.15) is 19.4 Å². The molecule has 0 radical (unpaired) electrons. The molecule has 1 aliphatic heterocycles. The zero-order valence-electron chi connectivity index (χ0n) is 14.4. The molecule has 1 heterocycles. The lowest BCUT2D eigenvalue weighted by Gasteiger charge is -2.19. The first kappa shape index (κ1) is 17.4. The van der Waals surface area contributed by atoms with Crippen molar-refractivity contribution in [3.8, 4) is 17.2 Å². The number of fused-ring (bicyclic) bond motifs is 1. The van der Waals surface area contributed by atoms with Crippen LogP contribution < -0.4 is 24.8 Å². The largest absolute Gasteiger partial charge is 0.491 e. The van der Waals surface area contributed by atoms with Crippen LogP contribution in [0.2, 0.25) is 0 Å². The minimum absolute atomic E-state index is 0.154. The predicted molar refractivity (Wildman–Crippen MR) is 103 cm³/mol. The van der Waals surface area contributed by atoms with Gasteiger partial charge in [-0.1, -0.05) is 12.1 Å². The van der Waals surface area contributed by atoms with Gasteiger partial charge in [-0.05, 0) is 55.9 Å². The van der Waals surface area contributed by atoms with Crippen molar-refractivity contribution in [2.75, 3.05) is 18.5 Å². The van der Waals surface area contributed by atoms with Gasteiger partial charge in [0.25, 0.3) is 0 Å². The summed E-state index contributed by atoms with van der Waals surface area (Å²) in [7, 11) is 0. The van der Waals surface area contributed by atoms with Gasteiger partial charge in [0, 0.05) is 18.3 Å². The number of rotatable bonds is 5. The Balaban J connectivity index is 1.54. The van der Waals surface area contributed by atoms with Crippen molar-refractivity contribution in [3.05, 3.63) is 48.0 Å². The van der Waals surface area contributed by atoms with E-state index in [9.17, 15) is 0 Å². The summed E-state index contributed by atoms with van der Waals surface area (Å²) in [6, 6.07) is 13.7. The third kappa shape index (κ3) is 5.00. The first-order chi connectivity index (χ1) is 12.1. The Morgan fingerprint density at radius 1 is 1.12 bits per heavy atom. The van der Waals surface area contributed by atoms with Crippen molar-refractivity contribution in [2.45, 2.75) is 26.5 Å². The highest BCUT2D eigenvalue weighted by atomic mass is 32.1. The van der Waals surface area contributed by atoms with Crippen molar-refractivity contribution in [3.63, 3.8) is 0 Å². The van der Waals surface area contributed by atoms with Gasteiger partial charge in [-0.3, -0.25) is 0 Å². The second-order valence-corrected chi connectivity index (χ2v) is 6.39. The van der Waals surface area contributed by atoms with Crippen LogP contribution in [-0.4, -0.2) is 24.4 Å². The first-order valence-electron chi connectivity index (χ1n) is 8.30. The van der Waals surface area contributed by atoms with E-state index in [-0.39, 0.29) is 6.10 Å². The van der Waals surface area contributed by atoms with Crippen molar-refractivity contribution >= 4 is 23.0 Å². The van der Waals surface area contributed by atoms with Gasteiger partial charge in [0.15, 0.2) is 16.6 Å². The molecule has 6 heteroatoms. The summed E-state index contributed by atoms with van der Waals surface area (Å²) < 4.78 is 16.8. The summed E-state index contributed by atoms with van der Waals surface area (Å²) in [6.45, 7) is 5.79. The summed E-state index contributed by atoms with van der Waals surface area (Å²) in [5.41, 5.74) is 1.96. The van der Waals surface area contributed by atoms with Crippen molar-refractivity contribution in [2.24, 2.45) is 0 Å². The topological polar surface area (TPSA) is 51.8 Å². The van der Waals surface area contributed by atoms with Gasteiger partial charge < -0.3 is 24.8 Å². The third-order valence-corrected chi connectivity index (χ3v) is 3.77. The van der Waals surface area contributed by atoms with E-state index >= 15 is 0 Å². The number of hydrogen-bond donors (Lipinski definition) is 2. The molecule has 5 nitrogen and oxygen atoms in total. The molecule has 25 heavy (non-hydrogen) atoms. The first-order valence-corrected chi connectivity index (χ1v) is 8.71. The molecule has 0 aromatic heterocycles. The van der Waals surface area contributed by atoms with Crippen molar-refractivity contribution < 1.29 is 14.2 Å². The second-order valence-electron chi connectivity index (χ2n) is 5.98. The van der Waals surface area contributed by atoms with Crippen LogP contribution in [0.5, 0.6) is 17.2 Å². The number of anilines is 1. The Morgan fingerprint density at radius 3 is 2.72 bits per heavy atom. The number of hydrogen-bond acceptors (Lipinski definition) is 4. The highest BCUT2D eigenvalue weighted by Crippen LogP contribution is 2.32. The van der Waals surface area contributed by atoms with E-state index in [1.807, 2.05) is 56.3 Å². The average Bonchev–Trinajstić information content (AvgIpc) is 2.60. The summed E-state index contributed by atoms with van der Waals surface area (Å²) in [5.74, 6) is 2.36. The Morgan fingerprint density at radius 2 is 1.92 bits per heavy atom. The van der Waals surface area contributed by atoms with E-state index < -0.39 is 0 Å². The standard InChI is InChI=1S/C19H22N2O3S/c1-13(2)24-16-5-3-4-14(10-16)12-20-19(25)21-15-6-7-17-18(11-15)23-9-8-22-17/h3-7,10-11,13H,8-9,12H2,1-2H3,(H2,20,21,25). The van der Waals surface area contributed by atoms with Crippen LogP contribution in [0.3, 0.4) is 0 Å². The number of thiocarbonyl (C=S) groups is 1. The minimum atomic E-state index is 0.154. The van der Waals surface area contributed by atoms with Gasteiger partial charge in [0.05, 0.1) is 6.10 Å². The maximum Gasteiger partial charge on any atom is 0.171 e. The molecule has 1 aliphatic rings. The molecule has 0 atom stereocenters. The average molecular weight is 358 g/mol. The minimum Gasteiger partial charge on any atom is -0.491 e. The molecule has 0 amide bonds. The van der Waals surface area contributed by atoms with Gasteiger partial charge in [0.1, 0.15) is 19.0 Å². The van der Waals surface area contributed by atoms with E-state index in [0.29, 0.717) is 24.9 Å². The van der Waals surface area contributed by atoms with Crippen LogP contribution in [0, 0.1) is 0 Å². The quantitative estimate of drug-likeness (QED) is 0.795. The molecule has 0 aliphatic carbocycles. The zero-order chi connectivity index (χ0) is 17.6. The molecular weight excluding hydrogens is 336 g/mol. The van der Waals surface area contributed by atoms with E-state index in [1.165, 1.54) is 0 Å². The van der Waals surface area contributed by atoms with Gasteiger partial charge in [0.2, 0.25) is 0 Å². The van der Waals surface area contributed by atoms with Crippen LogP contribution in [-0.2, 0) is 6.54 Å². The fraction of sp³-hybridized carbons (Fsp3) is 0.316. The smallest absolute Gasteiger partial charge is 0.171 e. The Labute approximate surface area is 153 Å².